The van der Waals surface area contributed by atoms with Crippen molar-refractivity contribution in [3.63, 3.8) is 0 Å². The van der Waals surface area contributed by atoms with Gasteiger partial charge in [-0.05, 0) is 66.8 Å². The van der Waals surface area contributed by atoms with Gasteiger partial charge in [-0.3, -0.25) is 9.59 Å². The molecule has 2 fully saturated rings. The molecular weight excluding hydrogens is 491 g/mol. The fourth-order valence-electron chi connectivity index (χ4n) is 6.13. The van der Waals surface area contributed by atoms with Crippen molar-refractivity contribution in [1.29, 1.82) is 0 Å². The second kappa shape index (κ2) is 9.11. The number of halogens is 1. The van der Waals surface area contributed by atoms with Crippen LogP contribution in [0.15, 0.2) is 36.4 Å². The van der Waals surface area contributed by atoms with E-state index in [-0.39, 0.29) is 29.6 Å². The van der Waals surface area contributed by atoms with Gasteiger partial charge in [-0.15, -0.1) is 0 Å². The van der Waals surface area contributed by atoms with Crippen molar-refractivity contribution in [3.05, 3.63) is 64.5 Å². The first-order chi connectivity index (χ1) is 18.3. The topological polar surface area (TPSA) is 108 Å². The molecule has 0 radical (unpaired) electrons. The maximum absolute atomic E-state index is 14.9. The van der Waals surface area contributed by atoms with Gasteiger partial charge >= 0.3 is 12.1 Å². The summed E-state index contributed by atoms with van der Waals surface area (Å²) in [6, 6.07) is 10.1. The van der Waals surface area contributed by atoms with Crippen LogP contribution in [-0.2, 0) is 39.3 Å². The van der Waals surface area contributed by atoms with Crippen molar-refractivity contribution < 1.29 is 28.3 Å². The molecule has 2 N–H and O–H groups in total. The van der Waals surface area contributed by atoms with Crippen molar-refractivity contribution in [2.24, 2.45) is 5.92 Å². The molecule has 1 unspecified atom stereocenters. The van der Waals surface area contributed by atoms with Crippen molar-refractivity contribution in [2.75, 3.05) is 18.9 Å². The zero-order valence-corrected chi connectivity index (χ0v) is 21.1. The molecule has 1 saturated carbocycles. The Hall–Kier alpha value is -3.95. The number of benzene rings is 2. The summed E-state index contributed by atoms with van der Waals surface area (Å²) in [5.74, 6) is -1.26. The number of anilines is 1. The summed E-state index contributed by atoms with van der Waals surface area (Å²) in [5, 5.41) is 4.77. The molecule has 2 aromatic carbocycles. The van der Waals surface area contributed by atoms with E-state index in [2.05, 4.69) is 16.7 Å². The molecule has 4 aliphatic rings. The van der Waals surface area contributed by atoms with Gasteiger partial charge in [0, 0.05) is 31.6 Å². The fourth-order valence-corrected chi connectivity index (χ4v) is 6.13. The minimum atomic E-state index is -1.67. The molecule has 5 amide bonds. The lowest BCUT2D eigenvalue weighted by atomic mass is 9.94. The number of nitrogens with zero attached hydrogens (tertiary/aromatic N) is 2. The first kappa shape index (κ1) is 24.4. The van der Waals surface area contributed by atoms with Gasteiger partial charge < -0.3 is 20.3 Å². The fraction of sp³-hybridized carbons (Fsp3) is 0.429. The summed E-state index contributed by atoms with van der Waals surface area (Å²) in [6.07, 6.45) is 3.45. The third-order valence-electron chi connectivity index (χ3n) is 8.27. The summed E-state index contributed by atoms with van der Waals surface area (Å²) < 4.78 is 20.5. The summed E-state index contributed by atoms with van der Waals surface area (Å²) in [7, 11) is 1.42. The number of rotatable bonds is 4. The third-order valence-corrected chi connectivity index (χ3v) is 8.27. The van der Waals surface area contributed by atoms with Gasteiger partial charge in [0.25, 0.3) is 5.91 Å². The molecule has 10 heteroatoms. The van der Waals surface area contributed by atoms with Crippen LogP contribution in [0.3, 0.4) is 0 Å². The molecule has 2 aliphatic heterocycles. The molecule has 6 rings (SSSR count). The summed E-state index contributed by atoms with van der Waals surface area (Å²) >= 11 is 0. The Morgan fingerprint density at radius 3 is 2.58 bits per heavy atom. The first-order valence-electron chi connectivity index (χ1n) is 13.0. The highest BCUT2D eigenvalue weighted by atomic mass is 19.1. The van der Waals surface area contributed by atoms with Gasteiger partial charge in [-0.25, -0.2) is 18.9 Å². The molecule has 2 aliphatic carbocycles. The van der Waals surface area contributed by atoms with Gasteiger partial charge in [-0.1, -0.05) is 24.3 Å². The number of fused-ring (bicyclic) bond motifs is 3. The Morgan fingerprint density at radius 1 is 1.08 bits per heavy atom. The highest BCUT2D eigenvalue weighted by molar-refractivity contribution is 6.06. The quantitative estimate of drug-likeness (QED) is 0.642. The zero-order chi connectivity index (χ0) is 26.6. The minimum Gasteiger partial charge on any atom is -0.427 e. The molecule has 1 saturated heterocycles. The Labute approximate surface area is 219 Å². The number of carbonyl (C=O) groups excluding carboxylic acids is 4. The van der Waals surface area contributed by atoms with Gasteiger partial charge in [0.15, 0.2) is 0 Å². The van der Waals surface area contributed by atoms with Crippen LogP contribution < -0.4 is 10.6 Å². The van der Waals surface area contributed by atoms with E-state index in [4.69, 9.17) is 4.74 Å². The van der Waals surface area contributed by atoms with Crippen LogP contribution in [-0.4, -0.2) is 53.4 Å². The maximum Gasteiger partial charge on any atom is 0.418 e. The number of carbonyl (C=O) groups is 4. The minimum absolute atomic E-state index is 0.0310. The van der Waals surface area contributed by atoms with E-state index in [1.54, 1.807) is 0 Å². The number of nitrogens with one attached hydrogen (secondary N) is 2. The van der Waals surface area contributed by atoms with Crippen LogP contribution >= 0.6 is 0 Å². The number of urea groups is 1. The Kier molecular flexibility index (Phi) is 5.85. The predicted octanol–water partition coefficient (Wildman–Crippen LogP) is 3.45. The smallest absolute Gasteiger partial charge is 0.418 e. The van der Waals surface area contributed by atoms with Crippen LogP contribution in [0.25, 0.3) is 0 Å². The van der Waals surface area contributed by atoms with Gasteiger partial charge in [0.2, 0.25) is 11.5 Å². The third kappa shape index (κ3) is 3.99. The van der Waals surface area contributed by atoms with Crippen LogP contribution in [0.4, 0.5) is 19.7 Å². The lowest BCUT2D eigenvalue weighted by Gasteiger charge is -2.31. The summed E-state index contributed by atoms with van der Waals surface area (Å²) in [6.45, 7) is 0.0203. The monoisotopic (exact) mass is 520 g/mol. The van der Waals surface area contributed by atoms with Crippen molar-refractivity contribution >= 4 is 29.6 Å². The molecule has 2 heterocycles. The van der Waals surface area contributed by atoms with Crippen LogP contribution in [0.2, 0.25) is 0 Å². The Morgan fingerprint density at radius 2 is 1.84 bits per heavy atom. The number of hydrogen-bond donors (Lipinski definition) is 2. The van der Waals surface area contributed by atoms with E-state index in [1.807, 2.05) is 23.1 Å². The van der Waals surface area contributed by atoms with Crippen molar-refractivity contribution in [1.82, 2.24) is 15.1 Å². The largest absolute Gasteiger partial charge is 0.427 e. The first-order valence-corrected chi connectivity index (χ1v) is 13.0. The Balaban J connectivity index is 1.25. The van der Waals surface area contributed by atoms with Crippen molar-refractivity contribution in [3.8, 4) is 0 Å². The normalized spacial score (nSPS) is 24.1. The lowest BCUT2D eigenvalue weighted by molar-refractivity contribution is -0.143. The van der Waals surface area contributed by atoms with Gasteiger partial charge in [0.05, 0.1) is 5.69 Å². The lowest BCUT2D eigenvalue weighted by Crippen LogP contribution is -2.48. The number of aryl methyl sites for hydroxylation is 2. The molecule has 0 bridgehead atoms. The van der Waals surface area contributed by atoms with Gasteiger partial charge in [0.1, 0.15) is 12.4 Å². The van der Waals surface area contributed by atoms with E-state index in [1.165, 1.54) is 18.7 Å². The van der Waals surface area contributed by atoms with E-state index in [0.717, 1.165) is 42.2 Å². The number of ether oxygens (including phenoxy) is 1. The number of hydrogen-bond acceptors (Lipinski definition) is 5. The van der Waals surface area contributed by atoms with Crippen LogP contribution in [0, 0.1) is 11.7 Å². The van der Waals surface area contributed by atoms with Crippen LogP contribution in [0.1, 0.15) is 47.9 Å². The highest BCUT2D eigenvalue weighted by Crippen LogP contribution is 2.47. The zero-order valence-electron chi connectivity index (χ0n) is 21.1. The molecule has 1 spiro atoms. The number of amides is 5. The summed E-state index contributed by atoms with van der Waals surface area (Å²) in [5.41, 5.74) is 1.46. The van der Waals surface area contributed by atoms with E-state index < -0.39 is 36.0 Å². The van der Waals surface area contributed by atoms with Crippen molar-refractivity contribution in [2.45, 2.75) is 56.7 Å². The highest BCUT2D eigenvalue weighted by Gasteiger charge is 2.59. The molecule has 38 heavy (non-hydrogen) atoms. The molecule has 9 nitrogen and oxygen atoms in total. The van der Waals surface area contributed by atoms with E-state index in [0.29, 0.717) is 24.4 Å². The van der Waals surface area contributed by atoms with Crippen LogP contribution in [0.5, 0.6) is 0 Å². The second-order valence-electron chi connectivity index (χ2n) is 10.5. The Bertz CT molecular complexity index is 1360. The average Bonchev–Trinajstić information content (AvgIpc) is 3.68. The van der Waals surface area contributed by atoms with Gasteiger partial charge in [-0.2, -0.15) is 0 Å². The molecule has 2 atom stereocenters. The molecule has 2 aromatic rings. The van der Waals surface area contributed by atoms with E-state index in [9.17, 15) is 23.6 Å². The SMILES string of the molecule is CNC(=O)Nc1cc2c(cc1F)C1(CC2)OC(=O)N(CC(=O)N2Cc3ccccc3CC[C@H]2C2CC2)C1=O. The maximum atomic E-state index is 14.9. The second-order valence-corrected chi connectivity index (χ2v) is 10.5. The number of imide groups is 1. The molecule has 0 aromatic heterocycles. The molecule has 198 valence electrons. The average molecular weight is 521 g/mol. The van der Waals surface area contributed by atoms with E-state index >= 15 is 0 Å². The molecular formula is C28H29FN4O5. The predicted molar refractivity (Wildman–Crippen MR) is 134 cm³/mol. The summed E-state index contributed by atoms with van der Waals surface area (Å²) in [4.78, 5) is 54.6. The standard InChI is InChI=1S/C28H29FN4O5/c1-30-26(36)31-22-12-18-10-11-28(20(18)13-21(22)29)25(35)33(27(37)38-28)15-24(34)32-14-19-5-3-2-4-16(19)8-9-23(32)17-6-7-17/h2-5,12-13,17,23H,6-11,14-15H2,1H3,(H2,30,31,36)/t23-,28?/m0/s1.